The lowest BCUT2D eigenvalue weighted by molar-refractivity contribution is -0.136. The van der Waals surface area contributed by atoms with Crippen LogP contribution in [0.5, 0.6) is 0 Å². The number of hydrogen-bond acceptors (Lipinski definition) is 8. The summed E-state index contributed by atoms with van der Waals surface area (Å²) in [6.07, 6.45) is 7.20. The van der Waals surface area contributed by atoms with Crippen LogP contribution in [0.2, 0.25) is 0 Å². The Balaban J connectivity index is 1.31. The van der Waals surface area contributed by atoms with Crippen molar-refractivity contribution in [1.29, 1.82) is 0 Å². The summed E-state index contributed by atoms with van der Waals surface area (Å²) in [5.41, 5.74) is 1.12. The van der Waals surface area contributed by atoms with E-state index in [-0.39, 0.29) is 42.1 Å². The fourth-order valence-corrected chi connectivity index (χ4v) is 6.91. The van der Waals surface area contributed by atoms with Gasteiger partial charge in [-0.1, -0.05) is 19.3 Å². The van der Waals surface area contributed by atoms with Gasteiger partial charge in [0.1, 0.15) is 12.6 Å². The number of fused-ring (bicyclic) bond motifs is 1. The Kier molecular flexibility index (Phi) is 6.54. The van der Waals surface area contributed by atoms with Crippen molar-refractivity contribution in [3.05, 3.63) is 35.0 Å². The van der Waals surface area contributed by atoms with Crippen molar-refractivity contribution in [2.45, 2.75) is 62.1 Å². The average molecular weight is 503 g/mol. The quantitative estimate of drug-likeness (QED) is 0.606. The van der Waals surface area contributed by atoms with E-state index in [1.165, 1.54) is 11.3 Å². The Morgan fingerprint density at radius 1 is 1.24 bits per heavy atom. The second-order valence-electron chi connectivity index (χ2n) is 9.30. The van der Waals surface area contributed by atoms with Gasteiger partial charge in [0.05, 0.1) is 40.8 Å². The molecule has 1 aliphatic carbocycles. The largest absolute Gasteiger partial charge is 0.367 e. The number of nitrogens with zero attached hydrogens (tertiary/aromatic N) is 3. The highest BCUT2D eigenvalue weighted by atomic mass is 35.5. The Morgan fingerprint density at radius 2 is 2.00 bits per heavy atom. The van der Waals surface area contributed by atoms with Crippen LogP contribution in [0.3, 0.4) is 0 Å². The first-order valence-corrected chi connectivity index (χ1v) is 12.9. The Morgan fingerprint density at radius 3 is 2.76 bits per heavy atom. The van der Waals surface area contributed by atoms with E-state index in [9.17, 15) is 14.4 Å². The number of Topliss-reactive ketones (excluding diaryl/α,β-unsaturated/α-hetero) is 2. The third-order valence-electron chi connectivity index (χ3n) is 7.31. The topological polar surface area (TPSA) is 101 Å². The molecule has 1 amide bonds. The summed E-state index contributed by atoms with van der Waals surface area (Å²) >= 11 is 7.88. The SMILES string of the molecule is Cc1cnncc1-c1ccc(C(=O)NCC(=O)C2(N3C[C@H](Cl)[C@H]4OCC(=O)[C@H]43)CCCCC2)s1. The van der Waals surface area contributed by atoms with Gasteiger partial charge >= 0.3 is 0 Å². The molecule has 3 aliphatic rings. The smallest absolute Gasteiger partial charge is 0.261 e. The standard InChI is InChI=1S/C24H27ClN4O4S/c1-14-9-27-28-10-15(14)18-5-6-19(34-18)23(32)26-11-20(31)24(7-3-2-4-8-24)29-12-16(25)22-21(29)17(30)13-33-22/h5-6,9-10,16,21-22H,2-4,7-8,11-13H2,1H3,(H,26,32)/t16-,21+,22+/m0/s1. The summed E-state index contributed by atoms with van der Waals surface area (Å²) in [6, 6.07) is 3.16. The second-order valence-corrected chi connectivity index (χ2v) is 10.9. The molecule has 10 heteroatoms. The fraction of sp³-hybridized carbons (Fsp3) is 0.542. The lowest BCUT2D eigenvalue weighted by Gasteiger charge is -2.45. The van der Waals surface area contributed by atoms with Crippen molar-refractivity contribution in [3.8, 4) is 10.4 Å². The molecule has 2 aromatic heterocycles. The summed E-state index contributed by atoms with van der Waals surface area (Å²) < 4.78 is 5.64. The van der Waals surface area contributed by atoms with Gasteiger partial charge in [-0.25, -0.2) is 0 Å². The number of carbonyl (C=O) groups is 3. The van der Waals surface area contributed by atoms with E-state index < -0.39 is 11.6 Å². The number of alkyl halides is 1. The molecule has 1 saturated carbocycles. The molecule has 0 bridgehead atoms. The predicted molar refractivity (Wildman–Crippen MR) is 128 cm³/mol. The minimum Gasteiger partial charge on any atom is -0.367 e. The molecule has 5 rings (SSSR count). The summed E-state index contributed by atoms with van der Waals surface area (Å²) in [5.74, 6) is -0.359. The zero-order valence-electron chi connectivity index (χ0n) is 19.0. The van der Waals surface area contributed by atoms with E-state index in [0.29, 0.717) is 24.3 Å². The van der Waals surface area contributed by atoms with E-state index in [0.717, 1.165) is 35.3 Å². The van der Waals surface area contributed by atoms with E-state index in [1.54, 1.807) is 18.5 Å². The van der Waals surface area contributed by atoms with Crippen molar-refractivity contribution in [3.63, 3.8) is 0 Å². The monoisotopic (exact) mass is 502 g/mol. The average Bonchev–Trinajstić information content (AvgIpc) is 3.56. The number of amides is 1. The number of thiophene rings is 1. The number of hydrogen-bond donors (Lipinski definition) is 1. The number of nitrogens with one attached hydrogen (secondary N) is 1. The van der Waals surface area contributed by atoms with E-state index >= 15 is 0 Å². The molecule has 34 heavy (non-hydrogen) atoms. The van der Waals surface area contributed by atoms with Crippen LogP contribution in [0.1, 0.15) is 47.3 Å². The van der Waals surface area contributed by atoms with Gasteiger partial charge in [-0.3, -0.25) is 19.3 Å². The van der Waals surface area contributed by atoms with Crippen LogP contribution in [-0.4, -0.2) is 75.3 Å². The molecular weight excluding hydrogens is 476 g/mol. The summed E-state index contributed by atoms with van der Waals surface area (Å²) in [5, 5.41) is 10.3. The van der Waals surface area contributed by atoms with Crippen LogP contribution in [0, 0.1) is 6.92 Å². The van der Waals surface area contributed by atoms with E-state index in [2.05, 4.69) is 15.5 Å². The molecular formula is C24H27ClN4O4S. The molecule has 0 spiro atoms. The number of likely N-dealkylation sites (tertiary alicyclic amines) is 1. The van der Waals surface area contributed by atoms with Crippen molar-refractivity contribution in [2.24, 2.45) is 0 Å². The maximum absolute atomic E-state index is 13.7. The maximum Gasteiger partial charge on any atom is 0.261 e. The highest BCUT2D eigenvalue weighted by molar-refractivity contribution is 7.17. The van der Waals surface area contributed by atoms with Gasteiger partial charge in [-0.15, -0.1) is 22.9 Å². The molecule has 0 radical (unpaired) electrons. The molecule has 2 aromatic rings. The zero-order valence-corrected chi connectivity index (χ0v) is 20.5. The van der Waals surface area contributed by atoms with Gasteiger partial charge in [0.2, 0.25) is 0 Å². The highest BCUT2D eigenvalue weighted by Gasteiger charge is 2.58. The molecule has 8 nitrogen and oxygen atoms in total. The second kappa shape index (κ2) is 9.45. The maximum atomic E-state index is 13.7. The normalized spacial score (nSPS) is 26.4. The van der Waals surface area contributed by atoms with Gasteiger partial charge in [0.25, 0.3) is 5.91 Å². The molecule has 3 fully saturated rings. The van der Waals surface area contributed by atoms with Crippen LogP contribution in [0.25, 0.3) is 10.4 Å². The van der Waals surface area contributed by atoms with Crippen LogP contribution in [-0.2, 0) is 14.3 Å². The predicted octanol–water partition coefficient (Wildman–Crippen LogP) is 2.77. The Labute approximate surface area is 207 Å². The fourth-order valence-electron chi connectivity index (χ4n) is 5.56. The van der Waals surface area contributed by atoms with Crippen molar-refractivity contribution < 1.29 is 19.1 Å². The van der Waals surface area contributed by atoms with Crippen LogP contribution >= 0.6 is 22.9 Å². The van der Waals surface area contributed by atoms with Gasteiger partial charge < -0.3 is 10.1 Å². The van der Waals surface area contributed by atoms with E-state index in [4.69, 9.17) is 16.3 Å². The van der Waals surface area contributed by atoms with Gasteiger partial charge in [-0.05, 0) is 37.5 Å². The van der Waals surface area contributed by atoms with Crippen LogP contribution < -0.4 is 5.32 Å². The third kappa shape index (κ3) is 4.08. The Hall–Kier alpha value is -2.20. The number of ketones is 2. The Bertz CT molecular complexity index is 1120. The minimum absolute atomic E-state index is 0.0121. The molecule has 0 unspecified atom stereocenters. The number of rotatable bonds is 6. The summed E-state index contributed by atoms with van der Waals surface area (Å²) in [7, 11) is 0. The van der Waals surface area contributed by atoms with Gasteiger partial charge in [-0.2, -0.15) is 10.2 Å². The van der Waals surface area contributed by atoms with Crippen molar-refractivity contribution >= 4 is 40.4 Å². The molecule has 2 aliphatic heterocycles. The number of aromatic nitrogens is 2. The number of carbonyl (C=O) groups excluding carboxylic acids is 3. The number of halogens is 1. The zero-order chi connectivity index (χ0) is 23.9. The molecule has 2 saturated heterocycles. The molecule has 3 atom stereocenters. The molecule has 180 valence electrons. The molecule has 0 aromatic carbocycles. The van der Waals surface area contributed by atoms with Crippen molar-refractivity contribution in [1.82, 2.24) is 20.4 Å². The minimum atomic E-state index is -0.790. The highest BCUT2D eigenvalue weighted by Crippen LogP contribution is 2.42. The van der Waals surface area contributed by atoms with Crippen LogP contribution in [0.4, 0.5) is 0 Å². The summed E-state index contributed by atoms with van der Waals surface area (Å²) in [6.45, 7) is 2.34. The van der Waals surface area contributed by atoms with Gasteiger partial charge in [0.15, 0.2) is 11.6 Å². The number of aryl methyl sites for hydroxylation is 1. The summed E-state index contributed by atoms with van der Waals surface area (Å²) in [4.78, 5) is 42.6. The lowest BCUT2D eigenvalue weighted by Crippen LogP contribution is -2.61. The third-order valence-corrected chi connectivity index (χ3v) is 8.81. The first kappa shape index (κ1) is 23.5. The van der Waals surface area contributed by atoms with E-state index in [1.807, 2.05) is 17.9 Å². The van der Waals surface area contributed by atoms with Gasteiger partial charge in [0, 0.05) is 17.0 Å². The molecule has 1 N–H and O–H groups in total. The lowest BCUT2D eigenvalue weighted by atomic mass is 9.76. The number of ether oxygens (including phenoxy) is 1. The van der Waals surface area contributed by atoms with Crippen molar-refractivity contribution in [2.75, 3.05) is 19.7 Å². The van der Waals surface area contributed by atoms with Crippen LogP contribution in [0.15, 0.2) is 24.5 Å². The first-order chi connectivity index (χ1) is 16.4. The first-order valence-electron chi connectivity index (χ1n) is 11.6. The molecule has 4 heterocycles.